The second-order valence-corrected chi connectivity index (χ2v) is 7.84. The Hall–Kier alpha value is -1.41. The lowest BCUT2D eigenvalue weighted by atomic mass is 9.99. The standard InChI is InChI=1S/C16H11Br2NO3S/c17-15-13(10-4-2-1-3-5-10)14(16(18)22-15)11-6-8-12(9-7-11)23(19,20)21/h1-9H,(H2,19,20,21). The van der Waals surface area contributed by atoms with E-state index in [-0.39, 0.29) is 4.90 Å². The molecule has 0 saturated carbocycles. The van der Waals surface area contributed by atoms with Crippen LogP contribution in [0.1, 0.15) is 0 Å². The van der Waals surface area contributed by atoms with Gasteiger partial charge in [0.1, 0.15) is 0 Å². The van der Waals surface area contributed by atoms with Gasteiger partial charge in [-0.15, -0.1) is 0 Å². The molecule has 0 spiro atoms. The predicted molar refractivity (Wildman–Crippen MR) is 96.4 cm³/mol. The van der Waals surface area contributed by atoms with E-state index in [1.165, 1.54) is 12.1 Å². The molecular formula is C16H11Br2NO3S. The summed E-state index contributed by atoms with van der Waals surface area (Å²) in [6.45, 7) is 0. The fourth-order valence-corrected chi connectivity index (χ4v) is 4.22. The van der Waals surface area contributed by atoms with E-state index in [0.29, 0.717) is 9.34 Å². The summed E-state index contributed by atoms with van der Waals surface area (Å²) in [7, 11) is -3.71. The number of hydrogen-bond donors (Lipinski definition) is 1. The Morgan fingerprint density at radius 2 is 1.26 bits per heavy atom. The number of hydrogen-bond acceptors (Lipinski definition) is 3. The van der Waals surface area contributed by atoms with Crippen molar-refractivity contribution in [3.05, 3.63) is 63.9 Å². The Morgan fingerprint density at radius 3 is 1.74 bits per heavy atom. The highest BCUT2D eigenvalue weighted by atomic mass is 79.9. The first-order valence-corrected chi connectivity index (χ1v) is 9.67. The predicted octanol–water partition coefficient (Wildman–Crippen LogP) is 4.79. The molecule has 0 aliphatic carbocycles. The van der Waals surface area contributed by atoms with E-state index in [9.17, 15) is 8.42 Å². The van der Waals surface area contributed by atoms with E-state index < -0.39 is 10.0 Å². The Kier molecular flexibility index (Phi) is 4.46. The van der Waals surface area contributed by atoms with Gasteiger partial charge in [0.2, 0.25) is 10.0 Å². The van der Waals surface area contributed by atoms with Crippen molar-refractivity contribution in [3.63, 3.8) is 0 Å². The van der Waals surface area contributed by atoms with E-state index in [2.05, 4.69) is 31.9 Å². The van der Waals surface area contributed by atoms with Crippen LogP contribution in [0.15, 0.2) is 73.2 Å². The number of halogens is 2. The van der Waals surface area contributed by atoms with Gasteiger partial charge in [-0.3, -0.25) is 0 Å². The summed E-state index contributed by atoms with van der Waals surface area (Å²) in [6.07, 6.45) is 0. The minimum absolute atomic E-state index is 0.0706. The van der Waals surface area contributed by atoms with E-state index in [0.717, 1.165) is 22.3 Å². The van der Waals surface area contributed by atoms with Gasteiger partial charge in [-0.05, 0) is 55.1 Å². The first kappa shape index (κ1) is 16.4. The molecule has 0 aliphatic heterocycles. The third-order valence-corrected chi connectivity index (χ3v) is 5.40. The van der Waals surface area contributed by atoms with Crippen molar-refractivity contribution in [1.29, 1.82) is 0 Å². The second kappa shape index (κ2) is 6.24. The highest BCUT2D eigenvalue weighted by molar-refractivity contribution is 9.11. The zero-order chi connectivity index (χ0) is 16.6. The summed E-state index contributed by atoms with van der Waals surface area (Å²) in [5.41, 5.74) is 3.53. The molecule has 0 bridgehead atoms. The maximum absolute atomic E-state index is 11.4. The van der Waals surface area contributed by atoms with Crippen LogP contribution in [-0.4, -0.2) is 8.42 Å². The summed E-state index contributed by atoms with van der Waals surface area (Å²) >= 11 is 6.86. The van der Waals surface area contributed by atoms with Crippen LogP contribution in [-0.2, 0) is 10.0 Å². The number of rotatable bonds is 3. The van der Waals surface area contributed by atoms with Crippen molar-refractivity contribution in [3.8, 4) is 22.3 Å². The smallest absolute Gasteiger partial charge is 0.238 e. The minimum Gasteiger partial charge on any atom is -0.441 e. The van der Waals surface area contributed by atoms with Gasteiger partial charge < -0.3 is 4.42 Å². The first-order valence-electron chi connectivity index (χ1n) is 6.54. The van der Waals surface area contributed by atoms with Crippen LogP contribution in [0.3, 0.4) is 0 Å². The fourth-order valence-electron chi connectivity index (χ4n) is 2.31. The Balaban J connectivity index is 2.18. The molecule has 0 radical (unpaired) electrons. The van der Waals surface area contributed by atoms with Crippen molar-refractivity contribution < 1.29 is 12.8 Å². The third kappa shape index (κ3) is 3.28. The summed E-state index contributed by atoms with van der Waals surface area (Å²) in [5.74, 6) is 0. The van der Waals surface area contributed by atoms with Crippen molar-refractivity contribution in [1.82, 2.24) is 0 Å². The molecule has 3 aromatic rings. The van der Waals surface area contributed by atoms with Gasteiger partial charge >= 0.3 is 0 Å². The topological polar surface area (TPSA) is 73.3 Å². The molecule has 0 aliphatic rings. The number of nitrogens with two attached hydrogens (primary N) is 1. The SMILES string of the molecule is NS(=O)(=O)c1ccc(-c2c(Br)oc(Br)c2-c2ccccc2)cc1. The average Bonchev–Trinajstić information content (AvgIpc) is 2.82. The molecule has 2 aromatic carbocycles. The number of sulfonamides is 1. The first-order chi connectivity index (χ1) is 10.9. The normalized spacial score (nSPS) is 11.6. The molecule has 23 heavy (non-hydrogen) atoms. The molecule has 0 saturated heterocycles. The van der Waals surface area contributed by atoms with E-state index in [1.807, 2.05) is 30.3 Å². The summed E-state index contributed by atoms with van der Waals surface area (Å²) in [4.78, 5) is 0.0706. The molecule has 1 heterocycles. The molecule has 3 rings (SSSR count). The van der Waals surface area contributed by atoms with Crippen LogP contribution in [0.2, 0.25) is 0 Å². The molecule has 7 heteroatoms. The largest absolute Gasteiger partial charge is 0.441 e. The highest BCUT2D eigenvalue weighted by Crippen LogP contribution is 2.44. The van der Waals surface area contributed by atoms with Gasteiger partial charge in [0, 0.05) is 11.1 Å². The molecule has 4 nitrogen and oxygen atoms in total. The molecule has 118 valence electrons. The Morgan fingerprint density at radius 1 is 0.783 bits per heavy atom. The lowest BCUT2D eigenvalue weighted by Gasteiger charge is -2.06. The maximum atomic E-state index is 11.4. The highest BCUT2D eigenvalue weighted by Gasteiger charge is 2.20. The summed E-state index contributed by atoms with van der Waals surface area (Å²) in [6, 6.07) is 16.1. The van der Waals surface area contributed by atoms with Gasteiger partial charge in [0.05, 0.1) is 4.90 Å². The van der Waals surface area contributed by atoms with Crippen LogP contribution in [0.4, 0.5) is 0 Å². The number of benzene rings is 2. The Bertz CT molecular complexity index is 949. The van der Waals surface area contributed by atoms with Crippen LogP contribution >= 0.6 is 31.9 Å². The van der Waals surface area contributed by atoms with Crippen LogP contribution in [0.5, 0.6) is 0 Å². The van der Waals surface area contributed by atoms with E-state index in [4.69, 9.17) is 9.56 Å². The molecule has 0 amide bonds. The quantitative estimate of drug-likeness (QED) is 0.615. The molecule has 0 unspecified atom stereocenters. The van der Waals surface area contributed by atoms with Gasteiger partial charge in [-0.2, -0.15) is 0 Å². The molecule has 0 fully saturated rings. The summed E-state index contributed by atoms with van der Waals surface area (Å²) < 4.78 is 29.6. The molecule has 0 atom stereocenters. The van der Waals surface area contributed by atoms with Gasteiger partial charge in [0.15, 0.2) is 9.34 Å². The number of primary sulfonamides is 1. The zero-order valence-electron chi connectivity index (χ0n) is 11.7. The lowest BCUT2D eigenvalue weighted by Crippen LogP contribution is -2.11. The zero-order valence-corrected chi connectivity index (χ0v) is 15.7. The van der Waals surface area contributed by atoms with E-state index in [1.54, 1.807) is 12.1 Å². The van der Waals surface area contributed by atoms with Crippen molar-refractivity contribution >= 4 is 41.9 Å². The molecule has 1 aromatic heterocycles. The fraction of sp³-hybridized carbons (Fsp3) is 0. The van der Waals surface area contributed by atoms with Crippen molar-refractivity contribution in [2.75, 3.05) is 0 Å². The van der Waals surface area contributed by atoms with Crippen LogP contribution in [0, 0.1) is 0 Å². The van der Waals surface area contributed by atoms with Crippen molar-refractivity contribution in [2.24, 2.45) is 5.14 Å². The van der Waals surface area contributed by atoms with Crippen LogP contribution < -0.4 is 5.14 Å². The number of furan rings is 1. The second-order valence-electron chi connectivity index (χ2n) is 4.83. The van der Waals surface area contributed by atoms with Gasteiger partial charge in [0.25, 0.3) is 0 Å². The maximum Gasteiger partial charge on any atom is 0.238 e. The summed E-state index contributed by atoms with van der Waals surface area (Å²) in [5, 5.41) is 5.14. The Labute approximate surface area is 150 Å². The average molecular weight is 457 g/mol. The lowest BCUT2D eigenvalue weighted by molar-refractivity contribution is 0.518. The van der Waals surface area contributed by atoms with Gasteiger partial charge in [-0.1, -0.05) is 42.5 Å². The monoisotopic (exact) mass is 455 g/mol. The van der Waals surface area contributed by atoms with Crippen LogP contribution in [0.25, 0.3) is 22.3 Å². The minimum atomic E-state index is -3.71. The van der Waals surface area contributed by atoms with E-state index >= 15 is 0 Å². The molecule has 2 N–H and O–H groups in total. The molecular weight excluding hydrogens is 446 g/mol. The third-order valence-electron chi connectivity index (χ3n) is 3.36. The van der Waals surface area contributed by atoms with Crippen molar-refractivity contribution in [2.45, 2.75) is 4.90 Å². The van der Waals surface area contributed by atoms with Gasteiger partial charge in [-0.25, -0.2) is 13.6 Å².